The van der Waals surface area contributed by atoms with Crippen molar-refractivity contribution in [2.45, 2.75) is 95.0 Å². The SMILES string of the molecule is Cn1c(=O)n(C2CCC(=O)NC2=O)c2cccc(C#CCOC3CCN(C4CCC(n5cc6cc(NC(=O)c7ccc8cc(C#N)cnn78)c(C(C)(C)O)cc6n5)CC4)CC3)c21. The van der Waals surface area contributed by atoms with Gasteiger partial charge in [0.05, 0.1) is 57.1 Å². The maximum absolute atomic E-state index is 13.5. The van der Waals surface area contributed by atoms with Gasteiger partial charge in [-0.1, -0.05) is 17.9 Å². The van der Waals surface area contributed by atoms with Crippen LogP contribution in [-0.4, -0.2) is 88.1 Å². The number of imidazole rings is 1. The minimum atomic E-state index is -1.25. The minimum Gasteiger partial charge on any atom is -0.386 e. The molecule has 6 heterocycles. The molecule has 1 saturated carbocycles. The zero-order valence-electron chi connectivity index (χ0n) is 34.9. The Balaban J connectivity index is 0.791. The second-order valence-corrected chi connectivity index (χ2v) is 17.2. The van der Waals surface area contributed by atoms with Gasteiger partial charge in [0.2, 0.25) is 11.8 Å². The zero-order chi connectivity index (χ0) is 43.3. The molecule has 9 rings (SSSR count). The summed E-state index contributed by atoms with van der Waals surface area (Å²) in [6, 6.07) is 16.3. The number of aryl methyl sites for hydroxylation is 1. The third-order valence-electron chi connectivity index (χ3n) is 12.7. The molecule has 16 heteroatoms. The predicted molar refractivity (Wildman–Crippen MR) is 230 cm³/mol. The Morgan fingerprint density at radius 2 is 1.79 bits per heavy atom. The van der Waals surface area contributed by atoms with Gasteiger partial charge >= 0.3 is 5.69 Å². The minimum absolute atomic E-state index is 0.114. The second-order valence-electron chi connectivity index (χ2n) is 17.2. The highest BCUT2D eigenvalue weighted by Crippen LogP contribution is 2.36. The molecule has 3 aliphatic rings. The first-order chi connectivity index (χ1) is 29.9. The van der Waals surface area contributed by atoms with Crippen molar-refractivity contribution in [2.75, 3.05) is 25.0 Å². The van der Waals surface area contributed by atoms with Gasteiger partial charge in [-0.3, -0.25) is 33.5 Å². The van der Waals surface area contributed by atoms with E-state index in [-0.39, 0.29) is 49.1 Å². The molecular weight excluding hydrogens is 789 g/mol. The van der Waals surface area contributed by atoms with Crippen LogP contribution in [0.3, 0.4) is 0 Å². The summed E-state index contributed by atoms with van der Waals surface area (Å²) < 4.78 is 12.7. The van der Waals surface area contributed by atoms with Crippen LogP contribution in [0.5, 0.6) is 0 Å². The average Bonchev–Trinajstić information content (AvgIpc) is 3.96. The normalized spacial score (nSPS) is 20.3. The smallest absolute Gasteiger partial charge is 0.329 e. The summed E-state index contributed by atoms with van der Waals surface area (Å²) >= 11 is 0. The monoisotopic (exact) mass is 836 g/mol. The number of aliphatic hydroxyl groups is 1. The van der Waals surface area contributed by atoms with E-state index in [1.54, 1.807) is 45.2 Å². The number of benzene rings is 2. The molecular formula is C46H48N10O6. The number of anilines is 1. The Morgan fingerprint density at radius 1 is 1.02 bits per heavy atom. The number of imide groups is 1. The summed E-state index contributed by atoms with van der Waals surface area (Å²) in [6.45, 7) is 5.55. The molecule has 6 aromatic rings. The van der Waals surface area contributed by atoms with Gasteiger partial charge in [0.25, 0.3) is 5.91 Å². The molecule has 2 aliphatic heterocycles. The topological polar surface area (TPSA) is 194 Å². The lowest BCUT2D eigenvalue weighted by molar-refractivity contribution is -0.135. The molecule has 1 atom stereocenters. The summed E-state index contributed by atoms with van der Waals surface area (Å²) in [4.78, 5) is 53.7. The van der Waals surface area contributed by atoms with E-state index in [2.05, 4.69) is 38.5 Å². The molecule has 3 fully saturated rings. The highest BCUT2D eigenvalue weighted by atomic mass is 16.5. The van der Waals surface area contributed by atoms with Crippen LogP contribution in [0.25, 0.3) is 27.5 Å². The van der Waals surface area contributed by atoms with Crippen LogP contribution in [0.4, 0.5) is 5.69 Å². The lowest BCUT2D eigenvalue weighted by atomic mass is 9.89. The summed E-state index contributed by atoms with van der Waals surface area (Å²) in [6.07, 6.45) is 9.97. The zero-order valence-corrected chi connectivity index (χ0v) is 34.9. The van der Waals surface area contributed by atoms with Crippen LogP contribution in [0, 0.1) is 23.2 Å². The van der Waals surface area contributed by atoms with E-state index in [0.29, 0.717) is 50.7 Å². The van der Waals surface area contributed by atoms with E-state index in [0.717, 1.165) is 62.5 Å². The van der Waals surface area contributed by atoms with Crippen molar-refractivity contribution in [3.63, 3.8) is 0 Å². The number of aromatic nitrogens is 6. The van der Waals surface area contributed by atoms with E-state index in [1.807, 2.05) is 35.1 Å². The van der Waals surface area contributed by atoms with Crippen molar-refractivity contribution < 1.29 is 24.2 Å². The number of carbonyl (C=O) groups excluding carboxylic acids is 3. The predicted octanol–water partition coefficient (Wildman–Crippen LogP) is 4.68. The summed E-state index contributed by atoms with van der Waals surface area (Å²) in [5, 5.41) is 35.8. The number of amides is 3. The van der Waals surface area contributed by atoms with E-state index < -0.39 is 17.6 Å². The van der Waals surface area contributed by atoms with Crippen LogP contribution in [0.2, 0.25) is 0 Å². The molecule has 3 N–H and O–H groups in total. The molecule has 0 bridgehead atoms. The number of para-hydroxylation sites is 1. The molecule has 1 unspecified atom stereocenters. The molecule has 4 aromatic heterocycles. The molecule has 2 saturated heterocycles. The fraction of sp³-hybridized carbons (Fsp3) is 0.413. The lowest BCUT2D eigenvalue weighted by Crippen LogP contribution is -2.45. The second kappa shape index (κ2) is 16.4. The molecule has 2 aromatic carbocycles. The third kappa shape index (κ3) is 7.77. The van der Waals surface area contributed by atoms with Crippen molar-refractivity contribution in [3.8, 4) is 17.9 Å². The maximum Gasteiger partial charge on any atom is 0.329 e. The quantitative estimate of drug-likeness (QED) is 0.143. The number of fused-ring (bicyclic) bond motifs is 3. The van der Waals surface area contributed by atoms with Gasteiger partial charge in [0.1, 0.15) is 24.4 Å². The first-order valence-corrected chi connectivity index (χ1v) is 21.2. The highest BCUT2D eigenvalue weighted by molar-refractivity contribution is 6.05. The van der Waals surface area contributed by atoms with E-state index >= 15 is 0 Å². The molecule has 0 radical (unpaired) electrons. The van der Waals surface area contributed by atoms with Gasteiger partial charge in [0, 0.05) is 55.4 Å². The number of piperidine rings is 2. The maximum atomic E-state index is 13.5. The molecule has 3 amide bonds. The number of likely N-dealkylation sites (tertiary alicyclic amines) is 1. The number of hydrogen-bond acceptors (Lipinski definition) is 10. The van der Waals surface area contributed by atoms with Gasteiger partial charge in [-0.2, -0.15) is 15.5 Å². The number of ether oxygens (including phenoxy) is 1. The number of nitrogens with one attached hydrogen (secondary N) is 2. The molecule has 318 valence electrons. The van der Waals surface area contributed by atoms with Gasteiger partial charge in [0.15, 0.2) is 0 Å². The van der Waals surface area contributed by atoms with Crippen molar-refractivity contribution in [3.05, 3.63) is 93.8 Å². The fourth-order valence-corrected chi connectivity index (χ4v) is 9.46. The van der Waals surface area contributed by atoms with Crippen LogP contribution < -0.4 is 16.3 Å². The number of nitrogens with zero attached hydrogens (tertiary/aromatic N) is 8. The van der Waals surface area contributed by atoms with E-state index in [9.17, 15) is 29.5 Å². The van der Waals surface area contributed by atoms with Crippen LogP contribution in [0.15, 0.2) is 65.7 Å². The molecule has 0 spiro atoms. The first kappa shape index (κ1) is 40.8. The van der Waals surface area contributed by atoms with E-state index in [4.69, 9.17) is 9.84 Å². The number of hydrogen-bond donors (Lipinski definition) is 3. The number of nitriles is 1. The summed E-state index contributed by atoms with van der Waals surface area (Å²) in [7, 11) is 1.67. The molecule has 16 nitrogen and oxygen atoms in total. The Labute approximate surface area is 357 Å². The summed E-state index contributed by atoms with van der Waals surface area (Å²) in [5.74, 6) is 5.16. The van der Waals surface area contributed by atoms with Crippen molar-refractivity contribution in [1.29, 1.82) is 5.26 Å². The van der Waals surface area contributed by atoms with Crippen molar-refractivity contribution in [2.24, 2.45) is 7.05 Å². The standard InChI is InChI=1S/C46H48N10O6/c1-46(2,61)35-24-36-30(23-37(35)49-44(59)40-14-13-33-22-28(25-47)26-48-56(33)40)27-54(51-36)32-11-9-31(10-12-32)53-19-17-34(18-20-53)62-21-5-7-29-6-4-8-38-42(29)52(3)45(60)55(38)39-15-16-41(57)50-43(39)58/h4,6,8,13-14,22-24,26-27,31-32,34,39,61H,9-12,15-21H2,1-3H3,(H,49,59)(H,50,57,58). The van der Waals surface area contributed by atoms with Crippen molar-refractivity contribution >= 4 is 50.9 Å². The molecule has 62 heavy (non-hydrogen) atoms. The van der Waals surface area contributed by atoms with Gasteiger partial charge in [-0.15, -0.1) is 0 Å². The highest BCUT2D eigenvalue weighted by Gasteiger charge is 2.33. The van der Waals surface area contributed by atoms with Gasteiger partial charge in [-0.05, 0) is 101 Å². The fourth-order valence-electron chi connectivity index (χ4n) is 9.46. The van der Waals surface area contributed by atoms with Crippen molar-refractivity contribution in [1.82, 2.24) is 38.7 Å². The average molecular weight is 837 g/mol. The largest absolute Gasteiger partial charge is 0.386 e. The number of rotatable bonds is 8. The van der Waals surface area contributed by atoms with Crippen LogP contribution in [-0.2, 0) is 27.0 Å². The Kier molecular flexibility index (Phi) is 10.8. The van der Waals surface area contributed by atoms with E-state index in [1.165, 1.54) is 19.8 Å². The summed E-state index contributed by atoms with van der Waals surface area (Å²) in [5.41, 5.74) is 3.49. The molecule has 1 aliphatic carbocycles. The lowest BCUT2D eigenvalue weighted by Gasteiger charge is -2.40. The Bertz CT molecular complexity index is 2920. The Hall–Kier alpha value is -6.59. The Morgan fingerprint density at radius 3 is 2.53 bits per heavy atom. The first-order valence-electron chi connectivity index (χ1n) is 21.2. The number of carbonyl (C=O) groups is 3. The van der Waals surface area contributed by atoms with Crippen LogP contribution in [0.1, 0.15) is 104 Å². The van der Waals surface area contributed by atoms with Gasteiger partial charge < -0.3 is 20.1 Å². The van der Waals surface area contributed by atoms with Crippen LogP contribution >= 0.6 is 0 Å². The van der Waals surface area contributed by atoms with Gasteiger partial charge in [-0.25, -0.2) is 9.31 Å². The third-order valence-corrected chi connectivity index (χ3v) is 12.7.